The Morgan fingerprint density at radius 1 is 0.947 bits per heavy atom. The number of aliphatic carboxylic acids is 1. The molecule has 0 bridgehead atoms. The van der Waals surface area contributed by atoms with Crippen LogP contribution in [0.1, 0.15) is 44.9 Å². The van der Waals surface area contributed by atoms with Gasteiger partial charge in [0.25, 0.3) is 0 Å². The van der Waals surface area contributed by atoms with Gasteiger partial charge in [-0.3, -0.25) is 14.9 Å². The van der Waals surface area contributed by atoms with Gasteiger partial charge in [-0.1, -0.05) is 63.3 Å². The number of nitrogens with zero attached hydrogens (tertiary/aromatic N) is 2. The summed E-state index contributed by atoms with van der Waals surface area (Å²) in [7, 11) is 0. The van der Waals surface area contributed by atoms with E-state index in [-0.39, 0.29) is 17.9 Å². The zero-order valence-corrected chi connectivity index (χ0v) is 21.8. The molecule has 38 heavy (non-hydrogen) atoms. The van der Waals surface area contributed by atoms with E-state index in [1.807, 2.05) is 81.5 Å². The highest BCUT2D eigenvalue weighted by Crippen LogP contribution is 2.28. The van der Waals surface area contributed by atoms with Gasteiger partial charge in [-0.05, 0) is 42.7 Å². The van der Waals surface area contributed by atoms with Crippen LogP contribution in [0.5, 0.6) is 0 Å². The van der Waals surface area contributed by atoms with Crippen LogP contribution in [0.4, 0.5) is 16.3 Å². The van der Waals surface area contributed by atoms with Gasteiger partial charge in [-0.25, -0.2) is 9.48 Å². The van der Waals surface area contributed by atoms with Gasteiger partial charge in [0.2, 0.25) is 5.91 Å². The van der Waals surface area contributed by atoms with Crippen molar-refractivity contribution < 1.29 is 19.5 Å². The van der Waals surface area contributed by atoms with Crippen LogP contribution in [-0.2, 0) is 21.5 Å². The van der Waals surface area contributed by atoms with Crippen molar-refractivity contribution in [3.8, 4) is 5.69 Å². The fourth-order valence-corrected chi connectivity index (χ4v) is 4.33. The molecule has 0 spiro atoms. The highest BCUT2D eigenvalue weighted by atomic mass is 16.4. The van der Waals surface area contributed by atoms with Crippen LogP contribution in [0.3, 0.4) is 0 Å². The standard InChI is InChI=1S/C29H33N5O4/c1-29(2,3)24-17-25(32-28(38)31-20-11-5-4-6-12-20)34(33-24)21-13-9-10-19(16-21)18-30-26(35)22-14-7-8-15-23(22)27(36)37/h4-13,16-17,22-23H,14-15,18H2,1-3H3,(H,30,35)(H,36,37)(H2,31,32,38)/t22?,23-/m1/s1. The van der Waals surface area contributed by atoms with Crippen LogP contribution < -0.4 is 16.0 Å². The minimum absolute atomic E-state index is 0.240. The largest absolute Gasteiger partial charge is 0.481 e. The van der Waals surface area contributed by atoms with E-state index in [4.69, 9.17) is 5.10 Å². The maximum absolute atomic E-state index is 12.8. The number of nitrogens with one attached hydrogen (secondary N) is 3. The Bertz CT molecular complexity index is 1340. The third-order valence-electron chi connectivity index (χ3n) is 6.46. The first-order chi connectivity index (χ1) is 18.1. The van der Waals surface area contributed by atoms with Crippen molar-refractivity contribution in [2.45, 2.75) is 45.6 Å². The van der Waals surface area contributed by atoms with E-state index in [2.05, 4.69) is 16.0 Å². The van der Waals surface area contributed by atoms with E-state index in [1.54, 1.807) is 16.8 Å². The topological polar surface area (TPSA) is 125 Å². The normalized spacial score (nSPS) is 17.0. The molecule has 4 rings (SSSR count). The van der Waals surface area contributed by atoms with E-state index in [0.29, 0.717) is 30.0 Å². The maximum Gasteiger partial charge on any atom is 0.324 e. The number of hydrogen-bond acceptors (Lipinski definition) is 4. The first kappa shape index (κ1) is 26.7. The summed E-state index contributed by atoms with van der Waals surface area (Å²) in [5.74, 6) is -2.05. The number of anilines is 2. The lowest BCUT2D eigenvalue weighted by molar-refractivity contribution is -0.147. The highest BCUT2D eigenvalue weighted by Gasteiger charge is 2.33. The second-order valence-corrected chi connectivity index (χ2v) is 10.4. The van der Waals surface area contributed by atoms with Crippen molar-refractivity contribution >= 4 is 29.4 Å². The molecule has 1 aliphatic carbocycles. The SMILES string of the molecule is CC(C)(C)c1cc(NC(=O)Nc2ccccc2)n(-c2cccc(CNC(=O)C3CC=CC[C@H]3C(=O)O)c2)n1. The molecule has 1 unspecified atom stereocenters. The molecule has 0 saturated heterocycles. The summed E-state index contributed by atoms with van der Waals surface area (Å²) < 4.78 is 1.67. The van der Waals surface area contributed by atoms with Gasteiger partial charge in [-0.2, -0.15) is 5.10 Å². The average Bonchev–Trinajstić information content (AvgIpc) is 3.32. The Kier molecular flexibility index (Phi) is 7.95. The molecular weight excluding hydrogens is 482 g/mol. The summed E-state index contributed by atoms with van der Waals surface area (Å²) in [6, 6.07) is 18.1. The molecule has 1 aliphatic rings. The molecule has 4 N–H and O–H groups in total. The molecule has 0 saturated carbocycles. The molecule has 9 heteroatoms. The van der Waals surface area contributed by atoms with E-state index >= 15 is 0 Å². The minimum Gasteiger partial charge on any atom is -0.481 e. The average molecular weight is 516 g/mol. The quantitative estimate of drug-likeness (QED) is 0.326. The molecule has 3 amide bonds. The molecule has 1 aromatic heterocycles. The van der Waals surface area contributed by atoms with Crippen LogP contribution in [0.2, 0.25) is 0 Å². The van der Waals surface area contributed by atoms with E-state index in [1.165, 1.54) is 0 Å². The van der Waals surface area contributed by atoms with Crippen molar-refractivity contribution in [1.29, 1.82) is 0 Å². The molecule has 2 atom stereocenters. The van der Waals surface area contributed by atoms with Gasteiger partial charge in [0, 0.05) is 23.7 Å². The molecule has 9 nitrogen and oxygen atoms in total. The van der Waals surface area contributed by atoms with Crippen molar-refractivity contribution in [2.24, 2.45) is 11.8 Å². The molecule has 198 valence electrons. The molecule has 0 fully saturated rings. The molecular formula is C29H33N5O4. The predicted octanol–water partition coefficient (Wildman–Crippen LogP) is 5.10. The van der Waals surface area contributed by atoms with Gasteiger partial charge in [0.1, 0.15) is 5.82 Å². The third-order valence-corrected chi connectivity index (χ3v) is 6.46. The predicted molar refractivity (Wildman–Crippen MR) is 146 cm³/mol. The Morgan fingerprint density at radius 3 is 2.34 bits per heavy atom. The maximum atomic E-state index is 12.8. The lowest BCUT2D eigenvalue weighted by Crippen LogP contribution is -2.38. The minimum atomic E-state index is -0.957. The second kappa shape index (κ2) is 11.3. The van der Waals surface area contributed by atoms with Gasteiger partial charge in [-0.15, -0.1) is 0 Å². The zero-order chi connectivity index (χ0) is 27.3. The number of benzene rings is 2. The van der Waals surface area contributed by atoms with Gasteiger partial charge >= 0.3 is 12.0 Å². The van der Waals surface area contributed by atoms with Crippen LogP contribution in [0.15, 0.2) is 72.8 Å². The molecule has 1 heterocycles. The summed E-state index contributed by atoms with van der Waals surface area (Å²) in [5, 5.41) is 22.8. The Balaban J connectivity index is 1.52. The van der Waals surface area contributed by atoms with E-state index in [9.17, 15) is 19.5 Å². The molecule has 2 aromatic carbocycles. The van der Waals surface area contributed by atoms with Crippen molar-refractivity contribution in [2.75, 3.05) is 10.6 Å². The van der Waals surface area contributed by atoms with Crippen LogP contribution in [0, 0.1) is 11.8 Å². The van der Waals surface area contributed by atoms with Crippen molar-refractivity contribution in [3.05, 3.63) is 84.1 Å². The lowest BCUT2D eigenvalue weighted by atomic mass is 9.82. The zero-order valence-electron chi connectivity index (χ0n) is 21.8. The number of allylic oxidation sites excluding steroid dienone is 2. The summed E-state index contributed by atoms with van der Waals surface area (Å²) in [6.45, 7) is 6.38. The number of carbonyl (C=O) groups excluding carboxylic acids is 2. The fourth-order valence-electron chi connectivity index (χ4n) is 4.33. The summed E-state index contributed by atoms with van der Waals surface area (Å²) in [6.07, 6.45) is 4.43. The Morgan fingerprint density at radius 2 is 1.66 bits per heavy atom. The summed E-state index contributed by atoms with van der Waals surface area (Å²) >= 11 is 0. The van der Waals surface area contributed by atoms with Crippen molar-refractivity contribution in [1.82, 2.24) is 15.1 Å². The van der Waals surface area contributed by atoms with Gasteiger partial charge < -0.3 is 15.7 Å². The lowest BCUT2D eigenvalue weighted by Gasteiger charge is -2.24. The highest BCUT2D eigenvalue weighted by molar-refractivity contribution is 5.99. The smallest absolute Gasteiger partial charge is 0.324 e. The number of carboxylic acids is 1. The Hall–Kier alpha value is -4.40. The van der Waals surface area contributed by atoms with Crippen LogP contribution >= 0.6 is 0 Å². The first-order valence-corrected chi connectivity index (χ1v) is 12.6. The number of aromatic nitrogens is 2. The number of hydrogen-bond donors (Lipinski definition) is 4. The first-order valence-electron chi connectivity index (χ1n) is 12.6. The number of para-hydroxylation sites is 1. The van der Waals surface area contributed by atoms with Crippen LogP contribution in [-0.4, -0.2) is 32.8 Å². The number of carboxylic acid groups (broad SMARTS) is 1. The second-order valence-electron chi connectivity index (χ2n) is 10.4. The van der Waals surface area contributed by atoms with Crippen LogP contribution in [0.25, 0.3) is 5.69 Å². The monoisotopic (exact) mass is 515 g/mol. The number of amides is 3. The van der Waals surface area contributed by atoms with E-state index < -0.39 is 23.8 Å². The Labute approximate surface area is 221 Å². The summed E-state index contributed by atoms with van der Waals surface area (Å²) in [4.78, 5) is 37.1. The number of carbonyl (C=O) groups is 3. The number of rotatable bonds is 7. The summed E-state index contributed by atoms with van der Waals surface area (Å²) in [5.41, 5.74) is 2.76. The molecule has 3 aromatic rings. The van der Waals surface area contributed by atoms with Crippen molar-refractivity contribution in [3.63, 3.8) is 0 Å². The third kappa shape index (κ3) is 6.47. The van der Waals surface area contributed by atoms with Gasteiger partial charge in [0.15, 0.2) is 0 Å². The van der Waals surface area contributed by atoms with Gasteiger partial charge in [0.05, 0.1) is 23.2 Å². The van der Waals surface area contributed by atoms with E-state index in [0.717, 1.165) is 11.3 Å². The number of urea groups is 1. The molecule has 0 aliphatic heterocycles. The fraction of sp³-hybridized carbons (Fsp3) is 0.310. The molecule has 0 radical (unpaired) electrons.